The maximum absolute atomic E-state index is 12.4. The summed E-state index contributed by atoms with van der Waals surface area (Å²) in [6, 6.07) is 14.4. The molecule has 0 saturated carbocycles. The van der Waals surface area contributed by atoms with Gasteiger partial charge in [-0.1, -0.05) is 24.3 Å². The second-order valence-electron chi connectivity index (χ2n) is 5.47. The largest absolute Gasteiger partial charge is 0.480 e. The lowest BCUT2D eigenvalue weighted by Gasteiger charge is -2.12. The summed E-state index contributed by atoms with van der Waals surface area (Å²) >= 11 is 4.06. The lowest BCUT2D eigenvalue weighted by molar-refractivity contribution is -0.122. The Kier molecular flexibility index (Phi) is 5.05. The average Bonchev–Trinajstić information content (AvgIpc) is 3.04. The highest BCUT2D eigenvalue weighted by atomic mass is 32.1. The Balaban J connectivity index is 1.64. The molecule has 0 spiro atoms. The van der Waals surface area contributed by atoms with Crippen molar-refractivity contribution >= 4 is 30.1 Å². The highest BCUT2D eigenvalue weighted by molar-refractivity contribution is 7.80. The van der Waals surface area contributed by atoms with Crippen LogP contribution in [0.3, 0.4) is 0 Å². The molecular formula is C18H18N2O3S. The smallest absolute Gasteiger partial charge is 0.265 e. The van der Waals surface area contributed by atoms with E-state index < -0.39 is 6.10 Å². The zero-order valence-electron chi connectivity index (χ0n) is 13.0. The van der Waals surface area contributed by atoms with E-state index in [2.05, 4.69) is 23.3 Å². The number of carbonyl (C=O) groups excluding carboxylic acids is 2. The Hall–Kier alpha value is -2.47. The first-order chi connectivity index (χ1) is 11.7. The van der Waals surface area contributed by atoms with Gasteiger partial charge in [-0.3, -0.25) is 9.59 Å². The Morgan fingerprint density at radius 3 is 2.79 bits per heavy atom. The molecule has 2 N–H and O–H groups in total. The van der Waals surface area contributed by atoms with Gasteiger partial charge < -0.3 is 15.4 Å². The number of amides is 2. The molecular weight excluding hydrogens is 324 g/mol. The van der Waals surface area contributed by atoms with E-state index in [1.165, 1.54) is 0 Å². The molecule has 6 heteroatoms. The first-order valence-corrected chi connectivity index (χ1v) is 8.35. The van der Waals surface area contributed by atoms with Gasteiger partial charge in [-0.15, -0.1) is 0 Å². The van der Waals surface area contributed by atoms with Gasteiger partial charge in [0.25, 0.3) is 11.8 Å². The van der Waals surface area contributed by atoms with Gasteiger partial charge in [0.1, 0.15) is 5.75 Å². The third-order valence-corrected chi connectivity index (χ3v) is 3.95. The number of thiol groups is 1. The summed E-state index contributed by atoms with van der Waals surface area (Å²) in [5, 5.41) is 5.55. The summed E-state index contributed by atoms with van der Waals surface area (Å²) < 4.78 is 5.67. The van der Waals surface area contributed by atoms with E-state index in [1.54, 1.807) is 24.3 Å². The third kappa shape index (κ3) is 3.71. The third-order valence-electron chi connectivity index (χ3n) is 3.73. The van der Waals surface area contributed by atoms with Gasteiger partial charge in [0.2, 0.25) is 0 Å². The molecule has 24 heavy (non-hydrogen) atoms. The van der Waals surface area contributed by atoms with Crippen molar-refractivity contribution in [3.63, 3.8) is 0 Å². The minimum Gasteiger partial charge on any atom is -0.480 e. The molecule has 1 atom stereocenters. The van der Waals surface area contributed by atoms with E-state index in [0.29, 0.717) is 30.0 Å². The lowest BCUT2D eigenvalue weighted by Crippen LogP contribution is -2.31. The highest BCUT2D eigenvalue weighted by Gasteiger charge is 2.28. The van der Waals surface area contributed by atoms with Gasteiger partial charge in [-0.05, 0) is 29.8 Å². The molecule has 3 rings (SSSR count). The Morgan fingerprint density at radius 2 is 2.00 bits per heavy atom. The number of carbonyl (C=O) groups is 2. The van der Waals surface area contributed by atoms with E-state index in [4.69, 9.17) is 4.74 Å². The van der Waals surface area contributed by atoms with Crippen molar-refractivity contribution in [3.8, 4) is 5.75 Å². The molecule has 0 saturated heterocycles. The number of para-hydroxylation sites is 1. The normalized spacial score (nSPS) is 15.3. The van der Waals surface area contributed by atoms with E-state index in [-0.39, 0.29) is 11.8 Å². The first kappa shape index (κ1) is 16.4. The van der Waals surface area contributed by atoms with Crippen molar-refractivity contribution in [2.75, 3.05) is 17.6 Å². The van der Waals surface area contributed by atoms with Crippen molar-refractivity contribution in [2.45, 2.75) is 12.5 Å². The number of nitrogens with one attached hydrogen (secondary N) is 2. The molecule has 0 aromatic heterocycles. The van der Waals surface area contributed by atoms with Crippen molar-refractivity contribution in [1.82, 2.24) is 5.32 Å². The maximum atomic E-state index is 12.4. The molecule has 1 aliphatic heterocycles. The number of fused-ring (bicyclic) bond motifs is 1. The minimum absolute atomic E-state index is 0.190. The molecule has 124 valence electrons. The monoisotopic (exact) mass is 342 g/mol. The van der Waals surface area contributed by atoms with Gasteiger partial charge in [0.15, 0.2) is 6.10 Å². The van der Waals surface area contributed by atoms with Gasteiger partial charge >= 0.3 is 0 Å². The fourth-order valence-electron chi connectivity index (χ4n) is 2.56. The summed E-state index contributed by atoms with van der Waals surface area (Å²) in [4.78, 5) is 24.4. The molecule has 5 nitrogen and oxygen atoms in total. The van der Waals surface area contributed by atoms with Crippen molar-refractivity contribution in [1.29, 1.82) is 0 Å². The number of ether oxygens (including phenoxy) is 1. The van der Waals surface area contributed by atoms with E-state index in [9.17, 15) is 9.59 Å². The van der Waals surface area contributed by atoms with Crippen LogP contribution < -0.4 is 15.4 Å². The number of benzene rings is 2. The summed E-state index contributed by atoms with van der Waals surface area (Å²) in [7, 11) is 0. The molecule has 0 bridgehead atoms. The minimum atomic E-state index is -0.552. The van der Waals surface area contributed by atoms with Crippen LogP contribution in [-0.2, 0) is 11.2 Å². The lowest BCUT2D eigenvalue weighted by atomic mass is 10.1. The number of rotatable bonds is 5. The predicted octanol–water partition coefficient (Wildman–Crippen LogP) is 2.29. The van der Waals surface area contributed by atoms with E-state index >= 15 is 0 Å². The van der Waals surface area contributed by atoms with Gasteiger partial charge in [-0.25, -0.2) is 0 Å². The van der Waals surface area contributed by atoms with Crippen LogP contribution >= 0.6 is 12.6 Å². The van der Waals surface area contributed by atoms with Crippen LogP contribution in [0.5, 0.6) is 5.75 Å². The fourth-order valence-corrected chi connectivity index (χ4v) is 2.67. The summed E-state index contributed by atoms with van der Waals surface area (Å²) in [6.07, 6.45) is -0.00603. The number of hydrogen-bond acceptors (Lipinski definition) is 4. The molecule has 2 amide bonds. The number of anilines is 1. The van der Waals surface area contributed by atoms with Crippen LogP contribution in [0.25, 0.3) is 0 Å². The predicted molar refractivity (Wildman–Crippen MR) is 95.8 cm³/mol. The molecule has 1 unspecified atom stereocenters. The van der Waals surface area contributed by atoms with E-state index in [0.717, 1.165) is 11.3 Å². The van der Waals surface area contributed by atoms with E-state index in [1.807, 2.05) is 24.3 Å². The van der Waals surface area contributed by atoms with Crippen LogP contribution in [0.15, 0.2) is 48.5 Å². The highest BCUT2D eigenvalue weighted by Crippen LogP contribution is 2.28. The molecule has 0 radical (unpaired) electrons. The molecule has 2 aromatic rings. The Labute approximate surface area is 145 Å². The van der Waals surface area contributed by atoms with Crippen molar-refractivity contribution in [3.05, 3.63) is 59.7 Å². The van der Waals surface area contributed by atoms with Crippen LogP contribution in [-0.4, -0.2) is 30.2 Å². The maximum Gasteiger partial charge on any atom is 0.265 e. The zero-order chi connectivity index (χ0) is 16.9. The standard InChI is InChI=1S/C18H18N2O3S/c21-17(19-8-9-24)13-5-3-6-14(10-13)20-18(22)16-11-12-4-1-2-7-15(12)23-16/h1-7,10,16,24H,8-9,11H2,(H,19,21)(H,20,22). The van der Waals surface area contributed by atoms with Crippen molar-refractivity contribution in [2.24, 2.45) is 0 Å². The molecule has 1 heterocycles. The van der Waals surface area contributed by atoms with Gasteiger partial charge in [0, 0.05) is 30.0 Å². The topological polar surface area (TPSA) is 67.4 Å². The van der Waals surface area contributed by atoms with Crippen molar-refractivity contribution < 1.29 is 14.3 Å². The van der Waals surface area contributed by atoms with Crippen LogP contribution in [0, 0.1) is 0 Å². The fraction of sp³-hybridized carbons (Fsp3) is 0.222. The zero-order valence-corrected chi connectivity index (χ0v) is 13.9. The van der Waals surface area contributed by atoms with Crippen LogP contribution in [0.4, 0.5) is 5.69 Å². The van der Waals surface area contributed by atoms with Crippen LogP contribution in [0.2, 0.25) is 0 Å². The Morgan fingerprint density at radius 1 is 1.17 bits per heavy atom. The van der Waals surface area contributed by atoms with Gasteiger partial charge in [0.05, 0.1) is 0 Å². The molecule has 0 aliphatic carbocycles. The molecule has 2 aromatic carbocycles. The summed E-state index contributed by atoms with van der Waals surface area (Å²) in [5.41, 5.74) is 2.08. The summed E-state index contributed by atoms with van der Waals surface area (Å²) in [6.45, 7) is 0.493. The molecule has 1 aliphatic rings. The van der Waals surface area contributed by atoms with Crippen LogP contribution in [0.1, 0.15) is 15.9 Å². The average molecular weight is 342 g/mol. The Bertz CT molecular complexity index is 738. The number of hydrogen-bond donors (Lipinski definition) is 3. The molecule has 0 fully saturated rings. The SMILES string of the molecule is O=C(NCCS)c1cccc(NC(=O)C2Cc3ccccc3O2)c1. The van der Waals surface area contributed by atoms with Gasteiger partial charge in [-0.2, -0.15) is 12.6 Å². The second-order valence-corrected chi connectivity index (χ2v) is 5.92. The summed E-state index contributed by atoms with van der Waals surface area (Å²) in [5.74, 6) is 0.906. The quantitative estimate of drug-likeness (QED) is 0.731. The first-order valence-electron chi connectivity index (χ1n) is 7.72. The second kappa shape index (κ2) is 7.40.